The van der Waals surface area contributed by atoms with Gasteiger partial charge < -0.3 is 15.1 Å². The van der Waals surface area contributed by atoms with Crippen LogP contribution in [0.4, 0.5) is 16.2 Å². The molecule has 1 saturated heterocycles. The number of carbonyl (C=O) groups excluding carboxylic acids is 2. The van der Waals surface area contributed by atoms with E-state index >= 15 is 0 Å². The molecule has 1 aliphatic rings. The normalized spacial score (nSPS) is 14.1. The molecule has 1 N–H and O–H groups in total. The molecule has 29 heavy (non-hydrogen) atoms. The van der Waals surface area contributed by atoms with Crippen molar-refractivity contribution in [3.05, 3.63) is 65.3 Å². The Morgan fingerprint density at radius 1 is 1.00 bits per heavy atom. The fourth-order valence-electron chi connectivity index (χ4n) is 3.52. The zero-order valence-corrected chi connectivity index (χ0v) is 16.8. The van der Waals surface area contributed by atoms with E-state index in [1.54, 1.807) is 35.4 Å². The van der Waals surface area contributed by atoms with Crippen molar-refractivity contribution in [2.24, 2.45) is 0 Å². The van der Waals surface area contributed by atoms with Crippen molar-refractivity contribution in [1.82, 2.24) is 9.88 Å². The molecule has 1 aliphatic heterocycles. The number of halogens is 1. The smallest absolute Gasteiger partial charge is 0.321 e. The lowest BCUT2D eigenvalue weighted by Crippen LogP contribution is -2.50. The Hall–Kier alpha value is -3.12. The summed E-state index contributed by atoms with van der Waals surface area (Å²) in [5.41, 5.74) is 3.28. The van der Waals surface area contributed by atoms with Crippen molar-refractivity contribution in [2.75, 3.05) is 36.4 Å². The number of urea groups is 1. The lowest BCUT2D eigenvalue weighted by Gasteiger charge is -2.36. The van der Waals surface area contributed by atoms with Crippen LogP contribution in [-0.2, 0) is 0 Å². The highest BCUT2D eigenvalue weighted by Crippen LogP contribution is 2.28. The summed E-state index contributed by atoms with van der Waals surface area (Å²) in [7, 11) is 0. The van der Waals surface area contributed by atoms with Crippen LogP contribution in [0.1, 0.15) is 17.3 Å². The lowest BCUT2D eigenvalue weighted by molar-refractivity contribution is 0.101. The van der Waals surface area contributed by atoms with E-state index in [1.807, 2.05) is 24.3 Å². The second kappa shape index (κ2) is 8.09. The molecular formula is C22H21ClN4O2. The van der Waals surface area contributed by atoms with Gasteiger partial charge in [-0.05, 0) is 55.5 Å². The molecule has 0 saturated carbocycles. The Labute approximate surface area is 174 Å². The second-order valence-electron chi connectivity index (χ2n) is 7.03. The number of rotatable bonds is 3. The van der Waals surface area contributed by atoms with E-state index in [0.29, 0.717) is 29.4 Å². The van der Waals surface area contributed by atoms with E-state index in [2.05, 4.69) is 15.2 Å². The number of nitrogens with zero attached hydrogens (tertiary/aromatic N) is 3. The number of anilines is 2. The van der Waals surface area contributed by atoms with Gasteiger partial charge in [0, 0.05) is 59.7 Å². The molecular weight excluding hydrogens is 388 g/mol. The number of Topliss-reactive ketones (excluding diaryl/α,β-unsaturated/α-hetero) is 1. The largest absolute Gasteiger partial charge is 0.367 e. The van der Waals surface area contributed by atoms with E-state index < -0.39 is 0 Å². The Bertz CT molecular complexity index is 1060. The van der Waals surface area contributed by atoms with Crippen LogP contribution < -0.4 is 10.2 Å². The minimum atomic E-state index is -0.133. The summed E-state index contributed by atoms with van der Waals surface area (Å²) in [5.74, 6) is 0.00454. The third kappa shape index (κ3) is 4.17. The highest BCUT2D eigenvalue weighted by Gasteiger charge is 2.22. The Kier molecular flexibility index (Phi) is 5.36. The van der Waals surface area contributed by atoms with Gasteiger partial charge in [-0.15, -0.1) is 0 Å². The van der Waals surface area contributed by atoms with Gasteiger partial charge in [0.05, 0.1) is 5.52 Å². The summed E-state index contributed by atoms with van der Waals surface area (Å²) in [6.07, 6.45) is 1.79. The van der Waals surface area contributed by atoms with Crippen molar-refractivity contribution in [3.8, 4) is 0 Å². The molecule has 1 aromatic heterocycles. The number of hydrogen-bond donors (Lipinski definition) is 1. The topological polar surface area (TPSA) is 65.5 Å². The predicted octanol–water partition coefficient (Wildman–Crippen LogP) is 4.44. The van der Waals surface area contributed by atoms with Gasteiger partial charge in [0.15, 0.2) is 5.78 Å². The van der Waals surface area contributed by atoms with E-state index in [-0.39, 0.29) is 11.8 Å². The molecule has 148 valence electrons. The van der Waals surface area contributed by atoms with Gasteiger partial charge in [-0.25, -0.2) is 4.79 Å². The highest BCUT2D eigenvalue weighted by atomic mass is 35.5. The molecule has 2 aromatic carbocycles. The molecule has 0 bridgehead atoms. The molecule has 4 rings (SSSR count). The van der Waals surface area contributed by atoms with Gasteiger partial charge in [-0.2, -0.15) is 0 Å². The van der Waals surface area contributed by atoms with Gasteiger partial charge in [-0.1, -0.05) is 11.6 Å². The number of amides is 2. The summed E-state index contributed by atoms with van der Waals surface area (Å²) in [6, 6.07) is 14.5. The number of piperazine rings is 1. The Morgan fingerprint density at radius 3 is 2.41 bits per heavy atom. The van der Waals surface area contributed by atoms with Crippen LogP contribution in [0.3, 0.4) is 0 Å². The Morgan fingerprint density at radius 2 is 1.72 bits per heavy atom. The van der Waals surface area contributed by atoms with Crippen molar-refractivity contribution >= 4 is 45.7 Å². The van der Waals surface area contributed by atoms with Crippen molar-refractivity contribution < 1.29 is 9.59 Å². The zero-order valence-electron chi connectivity index (χ0n) is 16.1. The highest BCUT2D eigenvalue weighted by molar-refractivity contribution is 6.31. The first-order valence-corrected chi connectivity index (χ1v) is 9.85. The van der Waals surface area contributed by atoms with Crippen LogP contribution in [0, 0.1) is 0 Å². The summed E-state index contributed by atoms with van der Waals surface area (Å²) in [6.45, 7) is 4.23. The quantitative estimate of drug-likeness (QED) is 0.650. The summed E-state index contributed by atoms with van der Waals surface area (Å²) < 4.78 is 0. The number of aromatic nitrogens is 1. The molecule has 0 unspecified atom stereocenters. The van der Waals surface area contributed by atoms with Crippen LogP contribution in [0.5, 0.6) is 0 Å². The molecule has 0 aliphatic carbocycles. The van der Waals surface area contributed by atoms with Crippen LogP contribution >= 0.6 is 11.6 Å². The van der Waals surface area contributed by atoms with Gasteiger partial charge in [-0.3, -0.25) is 9.78 Å². The van der Waals surface area contributed by atoms with E-state index in [9.17, 15) is 9.59 Å². The average Bonchev–Trinajstić information content (AvgIpc) is 2.73. The molecule has 2 heterocycles. The molecule has 2 amide bonds. The molecule has 0 spiro atoms. The fourth-order valence-corrected chi connectivity index (χ4v) is 3.69. The van der Waals surface area contributed by atoms with Crippen molar-refractivity contribution in [3.63, 3.8) is 0 Å². The van der Waals surface area contributed by atoms with Crippen LogP contribution in [0.15, 0.2) is 54.7 Å². The zero-order chi connectivity index (χ0) is 20.4. The molecule has 6 nitrogen and oxygen atoms in total. The fraction of sp³-hybridized carbons (Fsp3) is 0.227. The van der Waals surface area contributed by atoms with Gasteiger partial charge in [0.2, 0.25) is 0 Å². The monoisotopic (exact) mass is 408 g/mol. The summed E-state index contributed by atoms with van der Waals surface area (Å²) >= 11 is 6.08. The minimum absolute atomic E-state index is 0.00454. The predicted molar refractivity (Wildman–Crippen MR) is 116 cm³/mol. The van der Waals surface area contributed by atoms with Gasteiger partial charge in [0.1, 0.15) is 0 Å². The first kappa shape index (κ1) is 19.2. The second-order valence-corrected chi connectivity index (χ2v) is 7.47. The van der Waals surface area contributed by atoms with Crippen LogP contribution in [0.25, 0.3) is 10.9 Å². The third-order valence-corrected chi connectivity index (χ3v) is 5.37. The van der Waals surface area contributed by atoms with Crippen LogP contribution in [0.2, 0.25) is 5.02 Å². The maximum atomic E-state index is 12.6. The standard InChI is InChI=1S/C22H21ClN4O2/c1-15(28)16-2-5-18(6-3-16)25-22(29)27-12-10-26(11-13-27)21-8-9-24-20-14-17(23)4-7-19(20)21/h2-9,14H,10-13H2,1H3,(H,25,29). The summed E-state index contributed by atoms with van der Waals surface area (Å²) in [4.78, 5) is 32.4. The maximum Gasteiger partial charge on any atom is 0.321 e. The lowest BCUT2D eigenvalue weighted by atomic mass is 10.1. The third-order valence-electron chi connectivity index (χ3n) is 5.13. The number of nitrogens with one attached hydrogen (secondary N) is 1. The van der Waals surface area contributed by atoms with Crippen LogP contribution in [-0.4, -0.2) is 47.9 Å². The molecule has 3 aromatic rings. The Balaban J connectivity index is 1.40. The van der Waals surface area contributed by atoms with E-state index in [1.165, 1.54) is 6.92 Å². The summed E-state index contributed by atoms with van der Waals surface area (Å²) in [5, 5.41) is 4.62. The number of pyridine rings is 1. The minimum Gasteiger partial charge on any atom is -0.367 e. The number of ketones is 1. The van der Waals surface area contributed by atoms with E-state index in [4.69, 9.17) is 11.6 Å². The number of benzene rings is 2. The molecule has 0 radical (unpaired) electrons. The molecule has 7 heteroatoms. The number of carbonyl (C=O) groups is 2. The van der Waals surface area contributed by atoms with Gasteiger partial charge >= 0.3 is 6.03 Å². The first-order valence-electron chi connectivity index (χ1n) is 9.47. The number of fused-ring (bicyclic) bond motifs is 1. The van der Waals surface area contributed by atoms with Crippen molar-refractivity contribution in [2.45, 2.75) is 6.92 Å². The molecule has 0 atom stereocenters. The van der Waals surface area contributed by atoms with E-state index in [0.717, 1.165) is 29.7 Å². The maximum absolute atomic E-state index is 12.6. The van der Waals surface area contributed by atoms with Crippen molar-refractivity contribution in [1.29, 1.82) is 0 Å². The molecule has 1 fully saturated rings. The van der Waals surface area contributed by atoms with Gasteiger partial charge in [0.25, 0.3) is 0 Å². The first-order chi connectivity index (χ1) is 14.0. The SMILES string of the molecule is CC(=O)c1ccc(NC(=O)N2CCN(c3ccnc4cc(Cl)ccc34)CC2)cc1. The number of hydrogen-bond acceptors (Lipinski definition) is 4. The average molecular weight is 409 g/mol.